The fraction of sp³-hybridized carbons (Fsp3) is 0.639. The van der Waals surface area contributed by atoms with Gasteiger partial charge in [-0.05, 0) is 68.9 Å². The number of ether oxygens (including phenoxy) is 1. The van der Waals surface area contributed by atoms with Crippen LogP contribution in [0.5, 0.6) is 0 Å². The van der Waals surface area contributed by atoms with Gasteiger partial charge in [-0.1, -0.05) is 46.8 Å². The summed E-state index contributed by atoms with van der Waals surface area (Å²) < 4.78 is 19.6. The molecule has 46 heavy (non-hydrogen) atoms. The predicted molar refractivity (Wildman–Crippen MR) is 178 cm³/mol. The highest BCUT2D eigenvalue weighted by atomic mass is 19.1. The normalized spacial score (nSPS) is 26.7. The maximum Gasteiger partial charge on any atom is 0.407 e. The molecule has 2 aromatic rings. The average Bonchev–Trinajstić information content (AvgIpc) is 3.23. The summed E-state index contributed by atoms with van der Waals surface area (Å²) in [5.41, 5.74) is 1.90. The highest BCUT2D eigenvalue weighted by Crippen LogP contribution is 2.42. The number of morpholine rings is 1. The molecule has 0 radical (unpaired) electrons. The van der Waals surface area contributed by atoms with Crippen molar-refractivity contribution in [2.24, 2.45) is 5.41 Å². The minimum atomic E-state index is -0.932. The van der Waals surface area contributed by atoms with Gasteiger partial charge in [0.05, 0.1) is 35.7 Å². The van der Waals surface area contributed by atoms with Crippen molar-refractivity contribution in [2.75, 3.05) is 50.8 Å². The number of fused-ring (bicyclic) bond motifs is 1. The third-order valence-electron chi connectivity index (χ3n) is 11.1. The molecule has 3 aliphatic rings. The molecule has 10 heteroatoms. The van der Waals surface area contributed by atoms with E-state index in [4.69, 9.17) is 9.72 Å². The molecule has 1 unspecified atom stereocenters. The zero-order valence-electron chi connectivity index (χ0n) is 29.1. The maximum atomic E-state index is 14.4. The number of anilines is 1. The lowest BCUT2D eigenvalue weighted by Gasteiger charge is -2.58. The van der Waals surface area contributed by atoms with Gasteiger partial charge in [0.1, 0.15) is 5.82 Å². The van der Waals surface area contributed by atoms with E-state index in [9.17, 15) is 19.1 Å². The minimum absolute atomic E-state index is 0.0204. The smallest absolute Gasteiger partial charge is 0.407 e. The lowest BCUT2D eigenvalue weighted by atomic mass is 9.71. The van der Waals surface area contributed by atoms with Crippen molar-refractivity contribution in [1.29, 1.82) is 0 Å². The van der Waals surface area contributed by atoms with Crippen molar-refractivity contribution >= 4 is 17.7 Å². The fourth-order valence-corrected chi connectivity index (χ4v) is 7.32. The van der Waals surface area contributed by atoms with Crippen molar-refractivity contribution < 1.29 is 23.8 Å². The maximum absolute atomic E-state index is 14.4. The number of carbonyl (C=O) groups excluding carboxylic acids is 1. The zero-order valence-corrected chi connectivity index (χ0v) is 29.1. The molecule has 2 saturated heterocycles. The van der Waals surface area contributed by atoms with Gasteiger partial charge in [-0.25, -0.2) is 9.18 Å². The van der Waals surface area contributed by atoms with E-state index in [2.05, 4.69) is 71.3 Å². The quantitative estimate of drug-likeness (QED) is 0.454. The van der Waals surface area contributed by atoms with Crippen LogP contribution in [-0.4, -0.2) is 106 Å². The molecule has 0 bridgehead atoms. The highest BCUT2D eigenvalue weighted by Gasteiger charge is 2.52. The summed E-state index contributed by atoms with van der Waals surface area (Å²) in [6.45, 7) is 22.2. The zero-order chi connectivity index (χ0) is 33.8. The van der Waals surface area contributed by atoms with Crippen LogP contribution in [0.2, 0.25) is 0 Å². The van der Waals surface area contributed by atoms with Gasteiger partial charge in [0.25, 0.3) is 0 Å². The standard InChI is InChI=1S/C36H52FN5O4/c1-24-35(7,8)46-15-14-39(24)19-28-20-42(32(44)45)36(9,33(2,3)4)23-40(28)21-30(43)41-22-34(5,6)31-29(41)17-26(18-38-31)16-25-10-12-27(37)13-11-25/h10-13,17-18,24,28H,14-16,19-23H2,1-9H3,(H,44,45)/t24?,28-,36-/m0/s1. The molecular weight excluding hydrogens is 585 g/mol. The van der Waals surface area contributed by atoms with Crippen LogP contribution < -0.4 is 4.90 Å². The average molecular weight is 638 g/mol. The summed E-state index contributed by atoms with van der Waals surface area (Å²) in [6.07, 6.45) is 1.51. The summed E-state index contributed by atoms with van der Waals surface area (Å²) >= 11 is 0. The van der Waals surface area contributed by atoms with Gasteiger partial charge >= 0.3 is 6.09 Å². The molecule has 4 heterocycles. The summed E-state index contributed by atoms with van der Waals surface area (Å²) in [7, 11) is 0. The topological polar surface area (TPSA) is 89.5 Å². The second kappa shape index (κ2) is 12.2. The second-order valence-corrected chi connectivity index (χ2v) is 16.0. The summed E-state index contributed by atoms with van der Waals surface area (Å²) in [5.74, 6) is -0.292. The summed E-state index contributed by atoms with van der Waals surface area (Å²) in [4.78, 5) is 40.0. The monoisotopic (exact) mass is 637 g/mol. The highest BCUT2D eigenvalue weighted by molar-refractivity contribution is 5.97. The van der Waals surface area contributed by atoms with E-state index in [-0.39, 0.29) is 46.8 Å². The summed E-state index contributed by atoms with van der Waals surface area (Å²) in [5, 5.41) is 10.4. The van der Waals surface area contributed by atoms with Crippen molar-refractivity contribution in [3.8, 4) is 0 Å². The van der Waals surface area contributed by atoms with Crippen LogP contribution in [-0.2, 0) is 21.4 Å². The number of benzene rings is 1. The fourth-order valence-electron chi connectivity index (χ4n) is 7.32. The van der Waals surface area contributed by atoms with Gasteiger partial charge in [-0.15, -0.1) is 0 Å². The van der Waals surface area contributed by atoms with Crippen LogP contribution in [0.25, 0.3) is 0 Å². The Bertz CT molecular complexity index is 1460. The lowest BCUT2D eigenvalue weighted by Crippen LogP contribution is -2.72. The number of piperazine rings is 1. The first-order valence-electron chi connectivity index (χ1n) is 16.5. The van der Waals surface area contributed by atoms with Crippen LogP contribution in [0.4, 0.5) is 14.9 Å². The number of hydrogen-bond acceptors (Lipinski definition) is 6. The van der Waals surface area contributed by atoms with E-state index >= 15 is 0 Å². The molecule has 252 valence electrons. The van der Waals surface area contributed by atoms with Gasteiger partial charge in [-0.3, -0.25) is 24.5 Å². The van der Waals surface area contributed by atoms with Crippen LogP contribution >= 0.6 is 0 Å². The van der Waals surface area contributed by atoms with Crippen molar-refractivity contribution in [3.05, 3.63) is 59.2 Å². The number of pyridine rings is 1. The minimum Gasteiger partial charge on any atom is -0.465 e. The first-order chi connectivity index (χ1) is 21.3. The van der Waals surface area contributed by atoms with E-state index in [1.807, 2.05) is 18.0 Å². The molecule has 3 atom stereocenters. The molecule has 0 saturated carbocycles. The van der Waals surface area contributed by atoms with Gasteiger partial charge in [0, 0.05) is 56.4 Å². The molecule has 1 N–H and O–H groups in total. The van der Waals surface area contributed by atoms with Gasteiger partial charge < -0.3 is 14.7 Å². The van der Waals surface area contributed by atoms with E-state index < -0.39 is 11.6 Å². The molecule has 0 spiro atoms. The predicted octanol–water partition coefficient (Wildman–Crippen LogP) is 5.40. The van der Waals surface area contributed by atoms with Crippen LogP contribution in [0, 0.1) is 11.2 Å². The first kappa shape index (κ1) is 34.3. The van der Waals surface area contributed by atoms with Gasteiger partial charge in [0.15, 0.2) is 0 Å². The number of halogens is 1. The molecular formula is C36H52FN5O4. The number of aromatic nitrogens is 1. The van der Waals surface area contributed by atoms with Crippen LogP contribution in [0.15, 0.2) is 36.5 Å². The van der Waals surface area contributed by atoms with E-state index in [0.29, 0.717) is 39.2 Å². The number of amides is 2. The first-order valence-corrected chi connectivity index (χ1v) is 16.5. The van der Waals surface area contributed by atoms with Crippen molar-refractivity contribution in [2.45, 2.75) is 97.4 Å². The van der Waals surface area contributed by atoms with Crippen molar-refractivity contribution in [3.63, 3.8) is 0 Å². The third kappa shape index (κ3) is 6.53. The Morgan fingerprint density at radius 3 is 2.35 bits per heavy atom. The van der Waals surface area contributed by atoms with Crippen molar-refractivity contribution in [1.82, 2.24) is 19.7 Å². The number of hydrogen-bond donors (Lipinski definition) is 1. The Kier molecular flexibility index (Phi) is 9.07. The van der Waals surface area contributed by atoms with E-state index in [1.165, 1.54) is 12.1 Å². The molecule has 2 fully saturated rings. The number of carboxylic acid groups (broad SMARTS) is 1. The molecule has 1 aromatic heterocycles. The Balaban J connectivity index is 1.44. The van der Waals surface area contributed by atoms with E-state index in [1.54, 1.807) is 17.0 Å². The molecule has 3 aliphatic heterocycles. The van der Waals surface area contributed by atoms with Gasteiger partial charge in [0.2, 0.25) is 5.91 Å². The van der Waals surface area contributed by atoms with Crippen LogP contribution in [0.3, 0.4) is 0 Å². The Morgan fingerprint density at radius 1 is 1.04 bits per heavy atom. The molecule has 5 rings (SSSR count). The summed E-state index contributed by atoms with van der Waals surface area (Å²) in [6, 6.07) is 8.47. The Labute approximate surface area is 273 Å². The largest absolute Gasteiger partial charge is 0.465 e. The van der Waals surface area contributed by atoms with Crippen LogP contribution in [0.1, 0.15) is 79.1 Å². The molecule has 0 aliphatic carbocycles. The van der Waals surface area contributed by atoms with E-state index in [0.717, 1.165) is 29.1 Å². The third-order valence-corrected chi connectivity index (χ3v) is 11.1. The SMILES string of the molecule is CC1N(C[C@H]2CN(C(=O)O)[C@](C)(C(C)(C)C)CN2CC(=O)N2CC(C)(C)c3ncc(Cc4ccc(F)cc4)cc32)CCOC1(C)C. The number of rotatable bonds is 6. The lowest BCUT2D eigenvalue weighted by molar-refractivity contribution is -0.138. The molecule has 2 amide bonds. The molecule has 1 aromatic carbocycles. The second-order valence-electron chi connectivity index (χ2n) is 16.0. The number of nitrogens with zero attached hydrogens (tertiary/aromatic N) is 5. The Morgan fingerprint density at radius 2 is 1.72 bits per heavy atom. The molecule has 9 nitrogen and oxygen atoms in total. The Hall–Kier alpha value is -3.08. The number of carbonyl (C=O) groups is 2. The van der Waals surface area contributed by atoms with Gasteiger partial charge in [-0.2, -0.15) is 0 Å².